The first-order valence-electron chi connectivity index (χ1n) is 5.68. The van der Waals surface area contributed by atoms with Gasteiger partial charge in [0.25, 0.3) is 0 Å². The Morgan fingerprint density at radius 2 is 2.20 bits per heavy atom. The molecule has 0 aromatic heterocycles. The van der Waals surface area contributed by atoms with Gasteiger partial charge in [-0.1, -0.05) is 43.2 Å². The zero-order chi connectivity index (χ0) is 10.9. The number of nitriles is 1. The van der Waals surface area contributed by atoms with Gasteiger partial charge in [0.15, 0.2) is 0 Å². The maximum absolute atomic E-state index is 9.34. The van der Waals surface area contributed by atoms with E-state index in [0.29, 0.717) is 0 Å². The molecular weight excluding hydrogens is 182 g/mol. The van der Waals surface area contributed by atoms with E-state index in [0.717, 1.165) is 18.8 Å². The molecule has 0 spiro atoms. The maximum atomic E-state index is 9.34. The van der Waals surface area contributed by atoms with Crippen LogP contribution in [0.5, 0.6) is 0 Å². The Kier molecular flexibility index (Phi) is 2.52. The lowest BCUT2D eigenvalue weighted by atomic mass is 9.59. The van der Waals surface area contributed by atoms with E-state index in [-0.39, 0.29) is 5.41 Å². The minimum atomic E-state index is -0.174. The largest absolute Gasteiger partial charge is 0.197 e. The summed E-state index contributed by atoms with van der Waals surface area (Å²) >= 11 is 0. The van der Waals surface area contributed by atoms with Crippen LogP contribution in [-0.2, 0) is 5.41 Å². The first-order valence-corrected chi connectivity index (χ1v) is 5.68. The number of hydrogen-bond donors (Lipinski definition) is 0. The van der Waals surface area contributed by atoms with E-state index in [1.54, 1.807) is 0 Å². The van der Waals surface area contributed by atoms with Crippen molar-refractivity contribution in [1.82, 2.24) is 0 Å². The lowest BCUT2D eigenvalue weighted by Gasteiger charge is -2.42. The molecule has 0 atom stereocenters. The average Bonchev–Trinajstić information content (AvgIpc) is 2.18. The normalized spacial score (nSPS) is 29.3. The fourth-order valence-electron chi connectivity index (χ4n) is 2.55. The van der Waals surface area contributed by atoms with Crippen LogP contribution in [0.1, 0.15) is 37.3 Å². The molecule has 1 heteroatoms. The summed E-state index contributed by atoms with van der Waals surface area (Å²) in [6.07, 6.45) is 3.29. The zero-order valence-electron chi connectivity index (χ0n) is 9.46. The molecule has 0 heterocycles. The molecule has 1 aromatic rings. The molecule has 2 rings (SSSR count). The van der Waals surface area contributed by atoms with Crippen LogP contribution in [0.4, 0.5) is 0 Å². The van der Waals surface area contributed by atoms with E-state index in [4.69, 9.17) is 0 Å². The summed E-state index contributed by atoms with van der Waals surface area (Å²) in [5.41, 5.74) is 2.30. The summed E-state index contributed by atoms with van der Waals surface area (Å²) in [5.74, 6) is 0.755. The summed E-state index contributed by atoms with van der Waals surface area (Å²) in [5, 5.41) is 9.34. The van der Waals surface area contributed by atoms with Gasteiger partial charge in [-0.25, -0.2) is 0 Å². The number of aryl methyl sites for hydroxylation is 1. The molecule has 1 aliphatic carbocycles. The average molecular weight is 199 g/mol. The van der Waals surface area contributed by atoms with Crippen molar-refractivity contribution in [1.29, 1.82) is 5.26 Å². The standard InChI is InChI=1S/C14H17N/c1-3-12-8-14(9-12,10-15)13-6-4-5-11(2)7-13/h4-7,12H,3,8-9H2,1-2H3. The summed E-state index contributed by atoms with van der Waals surface area (Å²) in [6.45, 7) is 4.30. The van der Waals surface area contributed by atoms with Crippen LogP contribution in [0.2, 0.25) is 0 Å². The number of benzene rings is 1. The molecule has 1 nitrogen and oxygen atoms in total. The van der Waals surface area contributed by atoms with Crippen LogP contribution < -0.4 is 0 Å². The lowest BCUT2D eigenvalue weighted by molar-refractivity contribution is 0.192. The lowest BCUT2D eigenvalue weighted by Crippen LogP contribution is -2.39. The van der Waals surface area contributed by atoms with Gasteiger partial charge in [-0.05, 0) is 31.2 Å². The Hall–Kier alpha value is -1.29. The van der Waals surface area contributed by atoms with Crippen molar-refractivity contribution in [3.8, 4) is 6.07 Å². The Morgan fingerprint density at radius 3 is 2.73 bits per heavy atom. The molecule has 1 fully saturated rings. The molecule has 0 N–H and O–H groups in total. The molecule has 0 unspecified atom stereocenters. The van der Waals surface area contributed by atoms with Gasteiger partial charge in [-0.2, -0.15) is 5.26 Å². The zero-order valence-corrected chi connectivity index (χ0v) is 9.46. The van der Waals surface area contributed by atoms with Crippen molar-refractivity contribution in [2.24, 2.45) is 5.92 Å². The fraction of sp³-hybridized carbons (Fsp3) is 0.500. The minimum absolute atomic E-state index is 0.174. The van der Waals surface area contributed by atoms with Crippen molar-refractivity contribution in [2.75, 3.05) is 0 Å². The first kappa shape index (κ1) is 10.2. The third-order valence-corrected chi connectivity index (χ3v) is 3.64. The second kappa shape index (κ2) is 3.70. The summed E-state index contributed by atoms with van der Waals surface area (Å²) < 4.78 is 0. The number of nitrogens with zero attached hydrogens (tertiary/aromatic N) is 1. The molecule has 1 aliphatic rings. The van der Waals surface area contributed by atoms with Gasteiger partial charge in [-0.3, -0.25) is 0 Å². The van der Waals surface area contributed by atoms with Crippen LogP contribution in [0, 0.1) is 24.2 Å². The van der Waals surface area contributed by atoms with Gasteiger partial charge in [0.1, 0.15) is 0 Å². The fourth-order valence-corrected chi connectivity index (χ4v) is 2.55. The molecule has 0 aliphatic heterocycles. The highest BCUT2D eigenvalue weighted by molar-refractivity contribution is 5.38. The van der Waals surface area contributed by atoms with Gasteiger partial charge in [0.05, 0.1) is 11.5 Å². The van der Waals surface area contributed by atoms with Gasteiger partial charge in [0.2, 0.25) is 0 Å². The van der Waals surface area contributed by atoms with Gasteiger partial charge >= 0.3 is 0 Å². The molecular formula is C14H17N. The molecule has 0 radical (unpaired) electrons. The molecule has 78 valence electrons. The van der Waals surface area contributed by atoms with E-state index in [1.165, 1.54) is 17.5 Å². The SMILES string of the molecule is CCC1CC(C#N)(c2cccc(C)c2)C1. The van der Waals surface area contributed by atoms with E-state index in [9.17, 15) is 5.26 Å². The number of rotatable bonds is 2. The maximum Gasteiger partial charge on any atom is 0.0827 e. The Bertz CT molecular complexity index is 394. The summed E-state index contributed by atoms with van der Waals surface area (Å²) in [6, 6.07) is 10.9. The van der Waals surface area contributed by atoms with Crippen molar-refractivity contribution in [3.05, 3.63) is 35.4 Å². The third-order valence-electron chi connectivity index (χ3n) is 3.64. The smallest absolute Gasteiger partial charge is 0.0827 e. The molecule has 0 saturated heterocycles. The summed E-state index contributed by atoms with van der Waals surface area (Å²) in [4.78, 5) is 0. The van der Waals surface area contributed by atoms with E-state index < -0.39 is 0 Å². The van der Waals surface area contributed by atoms with Gasteiger partial charge in [0, 0.05) is 0 Å². The molecule has 1 saturated carbocycles. The summed E-state index contributed by atoms with van der Waals surface area (Å²) in [7, 11) is 0. The van der Waals surface area contributed by atoms with E-state index >= 15 is 0 Å². The second-order valence-electron chi connectivity index (χ2n) is 4.75. The third kappa shape index (κ3) is 1.65. The van der Waals surface area contributed by atoms with Crippen LogP contribution in [-0.4, -0.2) is 0 Å². The van der Waals surface area contributed by atoms with Crippen LogP contribution in [0.15, 0.2) is 24.3 Å². The first-order chi connectivity index (χ1) is 7.20. The minimum Gasteiger partial charge on any atom is -0.197 e. The van der Waals surface area contributed by atoms with Gasteiger partial charge in [-0.15, -0.1) is 0 Å². The highest BCUT2D eigenvalue weighted by Crippen LogP contribution is 2.48. The molecule has 15 heavy (non-hydrogen) atoms. The topological polar surface area (TPSA) is 23.8 Å². The van der Waals surface area contributed by atoms with Crippen LogP contribution in [0.25, 0.3) is 0 Å². The van der Waals surface area contributed by atoms with E-state index in [2.05, 4.69) is 44.2 Å². The van der Waals surface area contributed by atoms with Gasteiger partial charge < -0.3 is 0 Å². The highest BCUT2D eigenvalue weighted by Gasteiger charge is 2.44. The molecule has 0 bridgehead atoms. The quantitative estimate of drug-likeness (QED) is 0.714. The van der Waals surface area contributed by atoms with Crippen LogP contribution >= 0.6 is 0 Å². The van der Waals surface area contributed by atoms with Crippen molar-refractivity contribution >= 4 is 0 Å². The second-order valence-corrected chi connectivity index (χ2v) is 4.75. The number of hydrogen-bond acceptors (Lipinski definition) is 1. The Labute approximate surface area is 91.7 Å². The predicted octanol–water partition coefficient (Wildman–Crippen LogP) is 3.58. The van der Waals surface area contributed by atoms with Crippen LogP contribution in [0.3, 0.4) is 0 Å². The monoisotopic (exact) mass is 199 g/mol. The highest BCUT2D eigenvalue weighted by atomic mass is 14.5. The van der Waals surface area contributed by atoms with Crippen molar-refractivity contribution in [3.63, 3.8) is 0 Å². The van der Waals surface area contributed by atoms with Crippen molar-refractivity contribution in [2.45, 2.75) is 38.5 Å². The van der Waals surface area contributed by atoms with Crippen molar-refractivity contribution < 1.29 is 0 Å². The predicted molar refractivity (Wildman–Crippen MR) is 61.5 cm³/mol. The molecule has 0 amide bonds. The Morgan fingerprint density at radius 1 is 1.47 bits per heavy atom. The molecule has 1 aromatic carbocycles. The Balaban J connectivity index is 2.26. The van der Waals surface area contributed by atoms with E-state index in [1.807, 2.05) is 0 Å².